The summed E-state index contributed by atoms with van der Waals surface area (Å²) in [6, 6.07) is 8.58. The van der Waals surface area contributed by atoms with E-state index in [1.165, 1.54) is 0 Å². The summed E-state index contributed by atoms with van der Waals surface area (Å²) in [4.78, 5) is 13.7. The molecule has 1 fully saturated rings. The van der Waals surface area contributed by atoms with Gasteiger partial charge in [0.2, 0.25) is 0 Å². The summed E-state index contributed by atoms with van der Waals surface area (Å²) in [5.74, 6) is -0.0831. The Bertz CT molecular complexity index is 482. The van der Waals surface area contributed by atoms with Crippen LogP contribution in [0.1, 0.15) is 35.7 Å². The third kappa shape index (κ3) is 2.36. The molecule has 1 heterocycles. The second kappa shape index (κ2) is 4.79. The highest BCUT2D eigenvalue weighted by atomic mass is 16.3. The highest BCUT2D eigenvalue weighted by molar-refractivity contribution is 5.95. The molecule has 1 aliphatic rings. The molecule has 1 aliphatic heterocycles. The average molecular weight is 244 g/mol. The first kappa shape index (κ1) is 12.6. The van der Waals surface area contributed by atoms with Crippen LogP contribution in [-0.2, 0) is 0 Å². The predicted molar refractivity (Wildman–Crippen MR) is 66.9 cm³/mol. The van der Waals surface area contributed by atoms with Crippen molar-refractivity contribution in [2.24, 2.45) is 0 Å². The Morgan fingerprint density at radius 1 is 1.44 bits per heavy atom. The van der Waals surface area contributed by atoms with Gasteiger partial charge in [0.1, 0.15) is 0 Å². The summed E-state index contributed by atoms with van der Waals surface area (Å²) < 4.78 is 0. The Balaban J connectivity index is 1.99. The van der Waals surface area contributed by atoms with Crippen LogP contribution in [0.3, 0.4) is 0 Å². The summed E-state index contributed by atoms with van der Waals surface area (Å²) in [6.45, 7) is 2.82. The first-order valence-corrected chi connectivity index (χ1v) is 6.10. The smallest absolute Gasteiger partial charge is 0.254 e. The number of nitrogens with zero attached hydrogens (tertiary/aromatic N) is 2. The van der Waals surface area contributed by atoms with Crippen LogP contribution in [-0.4, -0.2) is 34.6 Å². The fourth-order valence-electron chi connectivity index (χ4n) is 2.30. The molecule has 0 bridgehead atoms. The number of amides is 1. The zero-order valence-corrected chi connectivity index (χ0v) is 10.4. The fourth-order valence-corrected chi connectivity index (χ4v) is 2.30. The molecule has 0 radical (unpaired) electrons. The number of benzene rings is 1. The normalized spacial score (nSPS) is 16.8. The molecule has 1 N–H and O–H groups in total. The van der Waals surface area contributed by atoms with Crippen LogP contribution in [0.25, 0.3) is 0 Å². The largest absolute Gasteiger partial charge is 0.386 e. The molecule has 0 aromatic heterocycles. The minimum absolute atomic E-state index is 0.0831. The zero-order valence-electron chi connectivity index (χ0n) is 10.4. The Labute approximate surface area is 106 Å². The molecule has 4 nitrogen and oxygen atoms in total. The maximum atomic E-state index is 12.1. The van der Waals surface area contributed by atoms with Gasteiger partial charge in [0, 0.05) is 5.56 Å². The minimum atomic E-state index is -0.697. The van der Waals surface area contributed by atoms with Gasteiger partial charge in [-0.2, -0.15) is 5.26 Å². The van der Waals surface area contributed by atoms with Gasteiger partial charge in [0.05, 0.1) is 30.3 Å². The number of carbonyl (C=O) groups excluding carboxylic acids is 1. The van der Waals surface area contributed by atoms with Crippen molar-refractivity contribution in [2.45, 2.75) is 25.4 Å². The summed E-state index contributed by atoms with van der Waals surface area (Å²) >= 11 is 0. The van der Waals surface area contributed by atoms with Crippen molar-refractivity contribution in [3.63, 3.8) is 0 Å². The van der Waals surface area contributed by atoms with Crippen molar-refractivity contribution in [2.75, 3.05) is 13.1 Å². The number of aliphatic hydroxyl groups is 1. The van der Waals surface area contributed by atoms with E-state index in [4.69, 9.17) is 5.26 Å². The van der Waals surface area contributed by atoms with Crippen LogP contribution >= 0.6 is 0 Å². The molecule has 1 aromatic carbocycles. The van der Waals surface area contributed by atoms with Gasteiger partial charge in [0.15, 0.2) is 0 Å². The van der Waals surface area contributed by atoms with Crippen molar-refractivity contribution in [1.29, 1.82) is 5.26 Å². The number of β-amino-alcohol motifs (C(OH)–C–C–N with tert-alkyl or cyclic N) is 1. The number of hydrogen-bond acceptors (Lipinski definition) is 3. The monoisotopic (exact) mass is 244 g/mol. The molecule has 2 rings (SSSR count). The van der Waals surface area contributed by atoms with E-state index >= 15 is 0 Å². The van der Waals surface area contributed by atoms with Crippen molar-refractivity contribution >= 4 is 5.91 Å². The lowest BCUT2D eigenvalue weighted by atomic mass is 9.88. The van der Waals surface area contributed by atoms with E-state index in [1.54, 1.807) is 29.2 Å². The summed E-state index contributed by atoms with van der Waals surface area (Å²) in [5.41, 5.74) is 0.405. The first-order valence-electron chi connectivity index (χ1n) is 6.10. The molecule has 94 valence electrons. The number of likely N-dealkylation sites (tertiary alicyclic amines) is 1. The molecule has 1 aromatic rings. The van der Waals surface area contributed by atoms with E-state index in [2.05, 4.69) is 0 Å². The van der Waals surface area contributed by atoms with Crippen LogP contribution in [0.2, 0.25) is 0 Å². The van der Waals surface area contributed by atoms with Crippen LogP contribution in [0.5, 0.6) is 0 Å². The van der Waals surface area contributed by atoms with Gasteiger partial charge in [-0.05, 0) is 30.7 Å². The summed E-state index contributed by atoms with van der Waals surface area (Å²) in [7, 11) is 0. The molecule has 18 heavy (non-hydrogen) atoms. The molecule has 0 atom stereocenters. The van der Waals surface area contributed by atoms with E-state index < -0.39 is 5.60 Å². The molecule has 0 unspecified atom stereocenters. The van der Waals surface area contributed by atoms with Gasteiger partial charge >= 0.3 is 0 Å². The van der Waals surface area contributed by atoms with Crippen LogP contribution in [0.15, 0.2) is 24.3 Å². The van der Waals surface area contributed by atoms with Crippen LogP contribution < -0.4 is 0 Å². The lowest BCUT2D eigenvalue weighted by Gasteiger charge is -2.46. The standard InChI is InChI=1S/C14H16N2O2/c1-2-7-14(18)9-16(10-14)13(17)12-5-3-11(8-15)4-6-12/h3-6,18H,2,7,9-10H2,1H3. The number of hydrogen-bond donors (Lipinski definition) is 1. The lowest BCUT2D eigenvalue weighted by Crippen LogP contribution is -2.63. The van der Waals surface area contributed by atoms with E-state index in [9.17, 15) is 9.90 Å². The Hall–Kier alpha value is -1.86. The van der Waals surface area contributed by atoms with E-state index in [-0.39, 0.29) is 5.91 Å². The highest BCUT2D eigenvalue weighted by Gasteiger charge is 2.42. The number of nitriles is 1. The Kier molecular flexibility index (Phi) is 3.35. The van der Waals surface area contributed by atoms with E-state index in [1.807, 2.05) is 13.0 Å². The first-order chi connectivity index (χ1) is 8.58. The van der Waals surface area contributed by atoms with Crippen molar-refractivity contribution < 1.29 is 9.90 Å². The molecule has 1 amide bonds. The van der Waals surface area contributed by atoms with Gasteiger partial charge in [-0.1, -0.05) is 13.3 Å². The van der Waals surface area contributed by atoms with Crippen molar-refractivity contribution in [3.05, 3.63) is 35.4 Å². The van der Waals surface area contributed by atoms with Gasteiger partial charge in [-0.25, -0.2) is 0 Å². The number of rotatable bonds is 3. The fraction of sp³-hybridized carbons (Fsp3) is 0.429. The lowest BCUT2D eigenvalue weighted by molar-refractivity contribution is -0.0860. The van der Waals surface area contributed by atoms with Crippen LogP contribution in [0.4, 0.5) is 0 Å². The van der Waals surface area contributed by atoms with Crippen molar-refractivity contribution in [1.82, 2.24) is 4.90 Å². The third-order valence-corrected chi connectivity index (χ3v) is 3.23. The molecular weight excluding hydrogens is 228 g/mol. The van der Waals surface area contributed by atoms with Gasteiger partial charge in [-0.15, -0.1) is 0 Å². The van der Waals surface area contributed by atoms with Gasteiger partial charge in [-0.3, -0.25) is 4.79 Å². The molecule has 0 spiro atoms. The SMILES string of the molecule is CCCC1(O)CN(C(=O)c2ccc(C#N)cc2)C1. The maximum Gasteiger partial charge on any atom is 0.254 e. The Morgan fingerprint density at radius 2 is 2.06 bits per heavy atom. The second-order valence-electron chi connectivity index (χ2n) is 4.82. The highest BCUT2D eigenvalue weighted by Crippen LogP contribution is 2.27. The molecule has 0 aliphatic carbocycles. The maximum absolute atomic E-state index is 12.1. The summed E-state index contributed by atoms with van der Waals surface area (Å²) in [6.07, 6.45) is 1.64. The Morgan fingerprint density at radius 3 is 2.56 bits per heavy atom. The van der Waals surface area contributed by atoms with Gasteiger partial charge in [0.25, 0.3) is 5.91 Å². The minimum Gasteiger partial charge on any atom is -0.386 e. The molecular formula is C14H16N2O2. The predicted octanol–water partition coefficient (Wildman–Crippen LogP) is 1.55. The van der Waals surface area contributed by atoms with Gasteiger partial charge < -0.3 is 10.0 Å². The van der Waals surface area contributed by atoms with Crippen LogP contribution in [0, 0.1) is 11.3 Å². The van der Waals surface area contributed by atoms with E-state index in [0.29, 0.717) is 24.2 Å². The summed E-state index contributed by atoms with van der Waals surface area (Å²) in [5, 5.41) is 18.7. The molecule has 1 saturated heterocycles. The molecule has 0 saturated carbocycles. The third-order valence-electron chi connectivity index (χ3n) is 3.23. The zero-order chi connectivity index (χ0) is 13.2. The van der Waals surface area contributed by atoms with Crippen molar-refractivity contribution in [3.8, 4) is 6.07 Å². The topological polar surface area (TPSA) is 64.3 Å². The quantitative estimate of drug-likeness (QED) is 0.877. The second-order valence-corrected chi connectivity index (χ2v) is 4.82. The average Bonchev–Trinajstić information content (AvgIpc) is 2.35. The number of carbonyl (C=O) groups is 1. The molecule has 4 heteroatoms. The van der Waals surface area contributed by atoms with E-state index in [0.717, 1.165) is 12.8 Å².